The molecule has 0 bridgehead atoms. The number of hydrogen-bond donors (Lipinski definition) is 1. The van der Waals surface area contributed by atoms with Crippen LogP contribution in [0.2, 0.25) is 0 Å². The summed E-state index contributed by atoms with van der Waals surface area (Å²) in [6.45, 7) is 2.58. The monoisotopic (exact) mass is 282 g/mol. The summed E-state index contributed by atoms with van der Waals surface area (Å²) in [6.07, 6.45) is 5.85. The van der Waals surface area contributed by atoms with Gasteiger partial charge in [0.05, 0.1) is 0 Å². The zero-order valence-electron chi connectivity index (χ0n) is 10.5. The van der Waals surface area contributed by atoms with Crippen molar-refractivity contribution < 1.29 is 13.2 Å². The van der Waals surface area contributed by atoms with Crippen LogP contribution in [0.25, 0.3) is 0 Å². The summed E-state index contributed by atoms with van der Waals surface area (Å²) < 4.78 is 36.4. The summed E-state index contributed by atoms with van der Waals surface area (Å²) in [5, 5.41) is 3.49. The van der Waals surface area contributed by atoms with Crippen molar-refractivity contribution in [2.75, 3.05) is 25.4 Å². The van der Waals surface area contributed by atoms with Gasteiger partial charge in [-0.05, 0) is 50.5 Å². The molecule has 0 saturated carbocycles. The molecular formula is C12H21F3N2S. The Morgan fingerprint density at radius 1 is 1.17 bits per heavy atom. The van der Waals surface area contributed by atoms with Gasteiger partial charge in [-0.3, -0.25) is 4.90 Å². The number of rotatable bonds is 4. The van der Waals surface area contributed by atoms with E-state index in [0.29, 0.717) is 18.6 Å². The van der Waals surface area contributed by atoms with E-state index in [1.807, 2.05) is 0 Å². The fourth-order valence-electron chi connectivity index (χ4n) is 3.07. The van der Waals surface area contributed by atoms with Gasteiger partial charge >= 0.3 is 5.51 Å². The summed E-state index contributed by atoms with van der Waals surface area (Å²) in [5.41, 5.74) is -4.09. The third kappa shape index (κ3) is 4.31. The van der Waals surface area contributed by atoms with Gasteiger partial charge in [-0.1, -0.05) is 6.42 Å². The molecule has 2 unspecified atom stereocenters. The highest BCUT2D eigenvalue weighted by molar-refractivity contribution is 8.00. The largest absolute Gasteiger partial charge is 0.441 e. The average molecular weight is 282 g/mol. The molecule has 2 heterocycles. The Labute approximate surface area is 111 Å². The summed E-state index contributed by atoms with van der Waals surface area (Å²) in [7, 11) is 0. The molecule has 2 nitrogen and oxygen atoms in total. The zero-order chi connectivity index (χ0) is 13.0. The highest BCUT2D eigenvalue weighted by atomic mass is 32.2. The third-order valence-corrected chi connectivity index (χ3v) is 4.59. The number of alkyl halides is 3. The Hall–Kier alpha value is 0.0600. The van der Waals surface area contributed by atoms with E-state index in [2.05, 4.69) is 10.2 Å². The van der Waals surface area contributed by atoms with Crippen LogP contribution in [-0.4, -0.2) is 47.9 Å². The lowest BCUT2D eigenvalue weighted by Gasteiger charge is -2.39. The Morgan fingerprint density at radius 3 is 2.67 bits per heavy atom. The molecule has 106 valence electrons. The highest BCUT2D eigenvalue weighted by Crippen LogP contribution is 2.31. The Bertz CT molecular complexity index is 254. The molecule has 0 radical (unpaired) electrons. The molecule has 2 aliphatic rings. The van der Waals surface area contributed by atoms with Crippen LogP contribution < -0.4 is 5.32 Å². The van der Waals surface area contributed by atoms with Crippen molar-refractivity contribution in [1.82, 2.24) is 10.2 Å². The van der Waals surface area contributed by atoms with Crippen molar-refractivity contribution >= 4 is 11.8 Å². The molecule has 1 N–H and O–H groups in total. The molecule has 0 aromatic carbocycles. The number of nitrogens with one attached hydrogen (secondary N) is 1. The second kappa shape index (κ2) is 6.48. The molecule has 18 heavy (non-hydrogen) atoms. The minimum absolute atomic E-state index is 0.110. The first-order valence-corrected chi connectivity index (χ1v) is 7.73. The lowest BCUT2D eigenvalue weighted by molar-refractivity contribution is -0.0329. The Balaban J connectivity index is 1.80. The van der Waals surface area contributed by atoms with E-state index in [0.717, 1.165) is 25.9 Å². The van der Waals surface area contributed by atoms with E-state index in [-0.39, 0.29) is 17.5 Å². The first-order chi connectivity index (χ1) is 8.56. The van der Waals surface area contributed by atoms with E-state index in [9.17, 15) is 13.2 Å². The van der Waals surface area contributed by atoms with Gasteiger partial charge in [-0.15, -0.1) is 0 Å². The van der Waals surface area contributed by atoms with Crippen LogP contribution in [0.3, 0.4) is 0 Å². The SMILES string of the molecule is FC(F)(F)SCCN1CCCCC1C1CCCN1. The van der Waals surface area contributed by atoms with Crippen LogP contribution in [0.5, 0.6) is 0 Å². The first kappa shape index (κ1) is 14.5. The van der Waals surface area contributed by atoms with Gasteiger partial charge in [0.1, 0.15) is 0 Å². The quantitative estimate of drug-likeness (QED) is 0.853. The van der Waals surface area contributed by atoms with Crippen molar-refractivity contribution in [3.05, 3.63) is 0 Å². The van der Waals surface area contributed by atoms with E-state index in [4.69, 9.17) is 0 Å². The van der Waals surface area contributed by atoms with E-state index >= 15 is 0 Å². The standard InChI is InChI=1S/C12H21F3N2S/c13-12(14,15)18-9-8-17-7-2-1-5-11(17)10-4-3-6-16-10/h10-11,16H,1-9H2. The summed E-state index contributed by atoms with van der Waals surface area (Å²) in [6, 6.07) is 0.955. The third-order valence-electron chi connectivity index (χ3n) is 3.87. The molecule has 0 spiro atoms. The topological polar surface area (TPSA) is 15.3 Å². The van der Waals surface area contributed by atoms with Gasteiger partial charge in [0.2, 0.25) is 0 Å². The molecule has 0 aromatic heterocycles. The molecule has 2 saturated heterocycles. The van der Waals surface area contributed by atoms with Crippen LogP contribution in [0.4, 0.5) is 13.2 Å². The fraction of sp³-hybridized carbons (Fsp3) is 1.00. The van der Waals surface area contributed by atoms with Gasteiger partial charge in [0, 0.05) is 24.4 Å². The number of likely N-dealkylation sites (tertiary alicyclic amines) is 1. The Morgan fingerprint density at radius 2 is 2.00 bits per heavy atom. The molecule has 6 heteroatoms. The second-order valence-electron chi connectivity index (χ2n) is 5.10. The number of piperidine rings is 1. The van der Waals surface area contributed by atoms with Gasteiger partial charge in [-0.2, -0.15) is 13.2 Å². The predicted octanol–water partition coefficient (Wildman–Crippen LogP) is 2.85. The van der Waals surface area contributed by atoms with Crippen LogP contribution in [0.1, 0.15) is 32.1 Å². The molecule has 2 rings (SSSR count). The van der Waals surface area contributed by atoms with Crippen molar-refractivity contribution in [2.45, 2.75) is 49.7 Å². The van der Waals surface area contributed by atoms with Crippen molar-refractivity contribution in [1.29, 1.82) is 0 Å². The van der Waals surface area contributed by atoms with E-state index in [1.165, 1.54) is 19.3 Å². The molecule has 0 amide bonds. The van der Waals surface area contributed by atoms with E-state index < -0.39 is 5.51 Å². The molecule has 2 atom stereocenters. The zero-order valence-corrected chi connectivity index (χ0v) is 11.3. The molecule has 0 aromatic rings. The van der Waals surface area contributed by atoms with Crippen LogP contribution >= 0.6 is 11.8 Å². The maximum absolute atomic E-state index is 12.1. The summed E-state index contributed by atoms with van der Waals surface area (Å²) >= 11 is 0.110. The summed E-state index contributed by atoms with van der Waals surface area (Å²) in [5.74, 6) is 0.159. The number of nitrogens with zero attached hydrogens (tertiary/aromatic N) is 1. The molecule has 0 aliphatic carbocycles. The second-order valence-corrected chi connectivity index (χ2v) is 6.26. The van der Waals surface area contributed by atoms with Gasteiger partial charge in [0.25, 0.3) is 0 Å². The maximum atomic E-state index is 12.1. The van der Waals surface area contributed by atoms with Crippen LogP contribution in [-0.2, 0) is 0 Å². The van der Waals surface area contributed by atoms with Gasteiger partial charge in [0.15, 0.2) is 0 Å². The lowest BCUT2D eigenvalue weighted by atomic mass is 9.95. The Kier molecular flexibility index (Phi) is 5.21. The minimum atomic E-state index is -4.09. The van der Waals surface area contributed by atoms with Crippen LogP contribution in [0.15, 0.2) is 0 Å². The van der Waals surface area contributed by atoms with E-state index in [1.54, 1.807) is 0 Å². The molecular weight excluding hydrogens is 261 g/mol. The average Bonchev–Trinajstić information content (AvgIpc) is 2.81. The predicted molar refractivity (Wildman–Crippen MR) is 68.7 cm³/mol. The maximum Gasteiger partial charge on any atom is 0.441 e. The van der Waals surface area contributed by atoms with Gasteiger partial charge in [-0.25, -0.2) is 0 Å². The minimum Gasteiger partial charge on any atom is -0.312 e. The van der Waals surface area contributed by atoms with Crippen LogP contribution in [0, 0.1) is 0 Å². The van der Waals surface area contributed by atoms with Gasteiger partial charge < -0.3 is 5.32 Å². The highest BCUT2D eigenvalue weighted by Gasteiger charge is 2.33. The fourth-order valence-corrected chi connectivity index (χ4v) is 3.63. The van der Waals surface area contributed by atoms with Crippen molar-refractivity contribution in [3.8, 4) is 0 Å². The number of thioether (sulfide) groups is 1. The number of halogens is 3. The first-order valence-electron chi connectivity index (χ1n) is 6.74. The normalized spacial score (nSPS) is 30.8. The molecule has 2 aliphatic heterocycles. The lowest BCUT2D eigenvalue weighted by Crippen LogP contribution is -2.50. The summed E-state index contributed by atoms with van der Waals surface area (Å²) in [4.78, 5) is 2.27. The number of hydrogen-bond acceptors (Lipinski definition) is 3. The van der Waals surface area contributed by atoms with Crippen molar-refractivity contribution in [3.63, 3.8) is 0 Å². The van der Waals surface area contributed by atoms with Crippen molar-refractivity contribution in [2.24, 2.45) is 0 Å². The smallest absolute Gasteiger partial charge is 0.312 e. The molecule has 2 fully saturated rings.